The zero-order valence-corrected chi connectivity index (χ0v) is 10.6. The molecule has 0 aliphatic heterocycles. The largest absolute Gasteiger partial charge is 0.375 e. The molecular formula is C14H23NO. The van der Waals surface area contributed by atoms with E-state index >= 15 is 0 Å². The summed E-state index contributed by atoms with van der Waals surface area (Å²) >= 11 is 0. The van der Waals surface area contributed by atoms with Gasteiger partial charge >= 0.3 is 0 Å². The molecule has 0 aliphatic carbocycles. The van der Waals surface area contributed by atoms with E-state index in [1.165, 1.54) is 5.56 Å². The number of ether oxygens (including phenoxy) is 1. The maximum absolute atomic E-state index is 5.71. The molecule has 0 bridgehead atoms. The zero-order chi connectivity index (χ0) is 11.8. The van der Waals surface area contributed by atoms with E-state index in [0.29, 0.717) is 18.6 Å². The third kappa shape index (κ3) is 5.29. The molecule has 90 valence electrons. The number of likely N-dealkylation sites (N-methyl/N-ethyl adjacent to an activating group) is 1. The highest BCUT2D eigenvalue weighted by Gasteiger charge is 2.08. The summed E-state index contributed by atoms with van der Waals surface area (Å²) in [5, 5.41) is 3.29. The Morgan fingerprint density at radius 2 is 1.88 bits per heavy atom. The second kappa shape index (κ2) is 7.42. The van der Waals surface area contributed by atoms with E-state index in [2.05, 4.69) is 31.3 Å². The molecule has 1 atom stereocenters. The molecule has 0 heterocycles. The van der Waals surface area contributed by atoms with E-state index < -0.39 is 0 Å². The SMILES string of the molecule is CNC(COCc1ccccc1)CC(C)C. The van der Waals surface area contributed by atoms with Gasteiger partial charge in [0.05, 0.1) is 13.2 Å². The van der Waals surface area contributed by atoms with E-state index in [1.54, 1.807) is 0 Å². The fraction of sp³-hybridized carbons (Fsp3) is 0.571. The van der Waals surface area contributed by atoms with Crippen LogP contribution in [0.15, 0.2) is 30.3 Å². The van der Waals surface area contributed by atoms with Gasteiger partial charge in [0.2, 0.25) is 0 Å². The summed E-state index contributed by atoms with van der Waals surface area (Å²) in [4.78, 5) is 0. The minimum atomic E-state index is 0.462. The predicted molar refractivity (Wildman–Crippen MR) is 68.4 cm³/mol. The molecule has 0 spiro atoms. The molecule has 0 fully saturated rings. The fourth-order valence-electron chi connectivity index (χ4n) is 1.73. The molecule has 0 aromatic heterocycles. The molecule has 1 aromatic rings. The van der Waals surface area contributed by atoms with Gasteiger partial charge < -0.3 is 10.1 Å². The van der Waals surface area contributed by atoms with Crippen molar-refractivity contribution in [1.82, 2.24) is 5.32 Å². The maximum Gasteiger partial charge on any atom is 0.0717 e. The van der Waals surface area contributed by atoms with Crippen LogP contribution in [0.3, 0.4) is 0 Å². The molecule has 1 unspecified atom stereocenters. The van der Waals surface area contributed by atoms with Crippen LogP contribution < -0.4 is 5.32 Å². The van der Waals surface area contributed by atoms with E-state index in [1.807, 2.05) is 25.2 Å². The van der Waals surface area contributed by atoms with Crippen LogP contribution in [-0.2, 0) is 11.3 Å². The van der Waals surface area contributed by atoms with Gasteiger partial charge in [0.1, 0.15) is 0 Å². The Balaban J connectivity index is 2.23. The molecule has 1 aromatic carbocycles. The predicted octanol–water partition coefficient (Wildman–Crippen LogP) is 2.84. The van der Waals surface area contributed by atoms with Crippen molar-refractivity contribution in [2.75, 3.05) is 13.7 Å². The van der Waals surface area contributed by atoms with Crippen molar-refractivity contribution in [1.29, 1.82) is 0 Å². The summed E-state index contributed by atoms with van der Waals surface area (Å²) in [6.45, 7) is 5.96. The van der Waals surface area contributed by atoms with Crippen LogP contribution in [0.2, 0.25) is 0 Å². The van der Waals surface area contributed by atoms with Crippen LogP contribution in [-0.4, -0.2) is 19.7 Å². The molecule has 2 nitrogen and oxygen atoms in total. The first kappa shape index (κ1) is 13.2. The third-order valence-electron chi connectivity index (χ3n) is 2.59. The van der Waals surface area contributed by atoms with Crippen LogP contribution in [0, 0.1) is 5.92 Å². The lowest BCUT2D eigenvalue weighted by molar-refractivity contribution is 0.0949. The molecule has 2 heteroatoms. The van der Waals surface area contributed by atoms with Crippen LogP contribution in [0.25, 0.3) is 0 Å². The molecule has 16 heavy (non-hydrogen) atoms. The first-order valence-electron chi connectivity index (χ1n) is 6.01. The van der Waals surface area contributed by atoms with Gasteiger partial charge in [0, 0.05) is 6.04 Å². The average Bonchev–Trinajstić information content (AvgIpc) is 2.28. The van der Waals surface area contributed by atoms with Gasteiger partial charge in [0.25, 0.3) is 0 Å². The number of benzene rings is 1. The van der Waals surface area contributed by atoms with Crippen LogP contribution in [0.4, 0.5) is 0 Å². The van der Waals surface area contributed by atoms with Gasteiger partial charge in [-0.1, -0.05) is 44.2 Å². The summed E-state index contributed by atoms with van der Waals surface area (Å²) in [6.07, 6.45) is 1.16. The summed E-state index contributed by atoms with van der Waals surface area (Å²) < 4.78 is 5.71. The highest BCUT2D eigenvalue weighted by molar-refractivity contribution is 5.13. The number of rotatable bonds is 7. The number of hydrogen-bond acceptors (Lipinski definition) is 2. The Bertz CT molecular complexity index is 271. The Labute approximate surface area is 99.0 Å². The van der Waals surface area contributed by atoms with Gasteiger partial charge in [-0.3, -0.25) is 0 Å². The Morgan fingerprint density at radius 3 is 2.44 bits per heavy atom. The van der Waals surface area contributed by atoms with Crippen molar-refractivity contribution in [2.45, 2.75) is 32.9 Å². The normalized spacial score (nSPS) is 13.0. The topological polar surface area (TPSA) is 21.3 Å². The molecule has 0 aliphatic rings. The van der Waals surface area contributed by atoms with E-state index in [9.17, 15) is 0 Å². The third-order valence-corrected chi connectivity index (χ3v) is 2.59. The molecule has 1 rings (SSSR count). The first-order valence-corrected chi connectivity index (χ1v) is 6.01. The molecular weight excluding hydrogens is 198 g/mol. The Morgan fingerprint density at radius 1 is 1.19 bits per heavy atom. The van der Waals surface area contributed by atoms with E-state index in [-0.39, 0.29) is 0 Å². The first-order chi connectivity index (χ1) is 7.72. The monoisotopic (exact) mass is 221 g/mol. The molecule has 0 saturated heterocycles. The number of nitrogens with one attached hydrogen (secondary N) is 1. The summed E-state index contributed by atoms with van der Waals surface area (Å²) in [5.74, 6) is 0.706. The second-order valence-electron chi connectivity index (χ2n) is 4.62. The maximum atomic E-state index is 5.71. The van der Waals surface area contributed by atoms with Gasteiger partial charge in [-0.2, -0.15) is 0 Å². The van der Waals surface area contributed by atoms with Crippen molar-refractivity contribution in [3.8, 4) is 0 Å². The lowest BCUT2D eigenvalue weighted by atomic mass is 10.0. The number of hydrogen-bond donors (Lipinski definition) is 1. The summed E-state index contributed by atoms with van der Waals surface area (Å²) in [7, 11) is 2.00. The van der Waals surface area contributed by atoms with Gasteiger partial charge in [0.15, 0.2) is 0 Å². The van der Waals surface area contributed by atoms with Crippen molar-refractivity contribution >= 4 is 0 Å². The van der Waals surface area contributed by atoms with Crippen LogP contribution in [0.1, 0.15) is 25.8 Å². The standard InChI is InChI=1S/C14H23NO/c1-12(2)9-14(15-3)11-16-10-13-7-5-4-6-8-13/h4-8,12,14-15H,9-11H2,1-3H3. The smallest absolute Gasteiger partial charge is 0.0717 e. The minimum Gasteiger partial charge on any atom is -0.375 e. The van der Waals surface area contributed by atoms with Gasteiger partial charge in [-0.25, -0.2) is 0 Å². The van der Waals surface area contributed by atoms with E-state index in [4.69, 9.17) is 4.74 Å². The van der Waals surface area contributed by atoms with Crippen LogP contribution >= 0.6 is 0 Å². The Hall–Kier alpha value is -0.860. The van der Waals surface area contributed by atoms with Crippen LogP contribution in [0.5, 0.6) is 0 Å². The lowest BCUT2D eigenvalue weighted by Crippen LogP contribution is -2.31. The summed E-state index contributed by atoms with van der Waals surface area (Å²) in [5.41, 5.74) is 1.24. The molecule has 1 N–H and O–H groups in total. The minimum absolute atomic E-state index is 0.462. The fourth-order valence-corrected chi connectivity index (χ4v) is 1.73. The van der Waals surface area contributed by atoms with Gasteiger partial charge in [-0.05, 0) is 24.9 Å². The summed E-state index contributed by atoms with van der Waals surface area (Å²) in [6, 6.07) is 10.8. The molecule has 0 saturated carbocycles. The van der Waals surface area contributed by atoms with Gasteiger partial charge in [-0.15, -0.1) is 0 Å². The Kier molecular flexibility index (Phi) is 6.12. The quantitative estimate of drug-likeness (QED) is 0.764. The van der Waals surface area contributed by atoms with Crippen molar-refractivity contribution in [3.05, 3.63) is 35.9 Å². The lowest BCUT2D eigenvalue weighted by Gasteiger charge is -2.18. The highest BCUT2D eigenvalue weighted by Crippen LogP contribution is 2.06. The van der Waals surface area contributed by atoms with E-state index in [0.717, 1.165) is 13.0 Å². The molecule has 0 amide bonds. The van der Waals surface area contributed by atoms with Crippen molar-refractivity contribution in [2.24, 2.45) is 5.92 Å². The molecule has 0 radical (unpaired) electrons. The van der Waals surface area contributed by atoms with Crippen molar-refractivity contribution < 1.29 is 4.74 Å². The van der Waals surface area contributed by atoms with Crippen molar-refractivity contribution in [3.63, 3.8) is 0 Å². The average molecular weight is 221 g/mol. The zero-order valence-electron chi connectivity index (χ0n) is 10.6. The highest BCUT2D eigenvalue weighted by atomic mass is 16.5. The second-order valence-corrected chi connectivity index (χ2v) is 4.62.